The average molecular weight is 327 g/mol. The van der Waals surface area contributed by atoms with Gasteiger partial charge in [0.2, 0.25) is 5.91 Å². The van der Waals surface area contributed by atoms with Gasteiger partial charge in [-0.3, -0.25) is 4.79 Å². The summed E-state index contributed by atoms with van der Waals surface area (Å²) in [5.41, 5.74) is 1.08. The van der Waals surface area contributed by atoms with Crippen molar-refractivity contribution in [3.8, 4) is 0 Å². The van der Waals surface area contributed by atoms with Crippen molar-refractivity contribution in [1.82, 2.24) is 9.80 Å². The Labute approximate surface area is 136 Å². The topological polar surface area (TPSA) is 23.6 Å². The van der Waals surface area contributed by atoms with Crippen LogP contribution in [0, 0.1) is 5.41 Å². The number of hydrogen-bond donors (Lipinski definition) is 0. The number of amides is 1. The number of nitrogens with zero attached hydrogens (tertiary/aromatic N) is 2. The predicted octanol–water partition coefficient (Wildman–Crippen LogP) is 3.50. The van der Waals surface area contributed by atoms with E-state index >= 15 is 0 Å². The molecule has 116 valence electrons. The second-order valence-corrected chi connectivity index (χ2v) is 8.08. The number of benzene rings is 1. The molecular weight excluding hydrogens is 304 g/mol. The van der Waals surface area contributed by atoms with Crippen LogP contribution in [0.1, 0.15) is 24.8 Å². The molecule has 1 amide bonds. The molecule has 0 aliphatic carbocycles. The molecule has 0 saturated carbocycles. The van der Waals surface area contributed by atoms with Gasteiger partial charge in [0.25, 0.3) is 0 Å². The molecule has 1 heterocycles. The summed E-state index contributed by atoms with van der Waals surface area (Å²) in [6.07, 6.45) is 0. The van der Waals surface area contributed by atoms with Gasteiger partial charge in [-0.05, 0) is 25.6 Å². The third-order valence-corrected chi connectivity index (χ3v) is 5.06. The van der Waals surface area contributed by atoms with Crippen molar-refractivity contribution in [2.24, 2.45) is 5.41 Å². The van der Waals surface area contributed by atoms with Crippen molar-refractivity contribution in [1.29, 1.82) is 0 Å². The van der Waals surface area contributed by atoms with E-state index in [1.807, 2.05) is 29.2 Å². The van der Waals surface area contributed by atoms with Gasteiger partial charge in [-0.15, -0.1) is 11.8 Å². The fourth-order valence-corrected chi connectivity index (χ4v) is 4.45. The van der Waals surface area contributed by atoms with Crippen molar-refractivity contribution in [2.75, 3.05) is 32.9 Å². The number of carbonyl (C=O) groups is 1. The lowest BCUT2D eigenvalue weighted by Crippen LogP contribution is -2.41. The van der Waals surface area contributed by atoms with Gasteiger partial charge in [0, 0.05) is 23.7 Å². The number of hydrogen-bond acceptors (Lipinski definition) is 3. The monoisotopic (exact) mass is 326 g/mol. The lowest BCUT2D eigenvalue weighted by molar-refractivity contribution is -0.129. The Hall–Kier alpha value is -0.710. The zero-order valence-electron chi connectivity index (χ0n) is 13.1. The summed E-state index contributed by atoms with van der Waals surface area (Å²) in [6.45, 7) is 6.09. The first-order valence-corrected chi connectivity index (χ1v) is 8.53. The summed E-state index contributed by atoms with van der Waals surface area (Å²) < 4.78 is 0. The molecule has 0 aromatic heterocycles. The second kappa shape index (κ2) is 6.59. The van der Waals surface area contributed by atoms with Crippen LogP contribution in [0.2, 0.25) is 5.02 Å². The van der Waals surface area contributed by atoms with Crippen LogP contribution in [-0.4, -0.2) is 48.6 Å². The average Bonchev–Trinajstić information content (AvgIpc) is 2.69. The fourth-order valence-electron chi connectivity index (χ4n) is 2.93. The van der Waals surface area contributed by atoms with Crippen molar-refractivity contribution < 1.29 is 4.79 Å². The van der Waals surface area contributed by atoms with Crippen LogP contribution >= 0.6 is 23.4 Å². The Morgan fingerprint density at radius 1 is 1.38 bits per heavy atom. The Balaban J connectivity index is 2.20. The predicted molar refractivity (Wildman–Crippen MR) is 90.7 cm³/mol. The summed E-state index contributed by atoms with van der Waals surface area (Å²) in [4.78, 5) is 16.4. The van der Waals surface area contributed by atoms with Gasteiger partial charge in [0.15, 0.2) is 0 Å². The molecule has 0 radical (unpaired) electrons. The van der Waals surface area contributed by atoms with Crippen LogP contribution in [0.3, 0.4) is 0 Å². The molecule has 21 heavy (non-hydrogen) atoms. The molecule has 3 nitrogen and oxygen atoms in total. The van der Waals surface area contributed by atoms with E-state index in [0.717, 1.165) is 23.7 Å². The van der Waals surface area contributed by atoms with Crippen LogP contribution in [-0.2, 0) is 4.79 Å². The summed E-state index contributed by atoms with van der Waals surface area (Å²) in [5, 5.41) is 0.771. The van der Waals surface area contributed by atoms with Crippen molar-refractivity contribution >= 4 is 29.3 Å². The van der Waals surface area contributed by atoms with Crippen molar-refractivity contribution in [2.45, 2.75) is 19.2 Å². The molecule has 1 saturated heterocycles. The van der Waals surface area contributed by atoms with E-state index in [9.17, 15) is 4.79 Å². The zero-order valence-corrected chi connectivity index (χ0v) is 14.7. The van der Waals surface area contributed by atoms with E-state index in [1.54, 1.807) is 11.8 Å². The van der Waals surface area contributed by atoms with Crippen LogP contribution in [0.4, 0.5) is 0 Å². The van der Waals surface area contributed by atoms with Gasteiger partial charge in [-0.25, -0.2) is 0 Å². The minimum absolute atomic E-state index is 0.0348. The molecule has 1 aromatic rings. The molecule has 1 aliphatic rings. The molecule has 1 aromatic carbocycles. The first-order valence-electron chi connectivity index (χ1n) is 7.10. The van der Waals surface area contributed by atoms with E-state index in [2.05, 4.69) is 32.8 Å². The van der Waals surface area contributed by atoms with Gasteiger partial charge in [0.1, 0.15) is 5.37 Å². The molecule has 2 rings (SSSR count). The highest BCUT2D eigenvalue weighted by molar-refractivity contribution is 8.00. The third kappa shape index (κ3) is 4.15. The molecule has 0 bridgehead atoms. The van der Waals surface area contributed by atoms with Gasteiger partial charge in [0.05, 0.1) is 5.75 Å². The zero-order chi connectivity index (χ0) is 15.6. The van der Waals surface area contributed by atoms with Crippen LogP contribution < -0.4 is 0 Å². The number of thioether (sulfide) groups is 1. The van der Waals surface area contributed by atoms with Gasteiger partial charge in [-0.1, -0.05) is 43.6 Å². The van der Waals surface area contributed by atoms with E-state index in [0.29, 0.717) is 5.75 Å². The summed E-state index contributed by atoms with van der Waals surface area (Å²) in [6, 6.07) is 7.81. The number of halogens is 1. The Morgan fingerprint density at radius 3 is 2.67 bits per heavy atom. The van der Waals surface area contributed by atoms with E-state index in [-0.39, 0.29) is 16.7 Å². The molecule has 1 aliphatic heterocycles. The molecule has 0 N–H and O–H groups in total. The first kappa shape index (κ1) is 16.7. The lowest BCUT2D eigenvalue weighted by Gasteiger charge is -2.35. The molecule has 1 atom stereocenters. The first-order chi connectivity index (χ1) is 9.80. The fraction of sp³-hybridized carbons (Fsp3) is 0.562. The van der Waals surface area contributed by atoms with Crippen LogP contribution in [0.25, 0.3) is 0 Å². The van der Waals surface area contributed by atoms with E-state index in [4.69, 9.17) is 11.6 Å². The second-order valence-electron chi connectivity index (χ2n) is 6.61. The Bertz CT molecular complexity index is 519. The van der Waals surface area contributed by atoms with Crippen LogP contribution in [0.15, 0.2) is 24.3 Å². The minimum Gasteiger partial charge on any atom is -0.325 e. The molecule has 5 heteroatoms. The Morgan fingerprint density at radius 2 is 2.05 bits per heavy atom. The smallest absolute Gasteiger partial charge is 0.233 e. The maximum atomic E-state index is 12.3. The Kier molecular flexibility index (Phi) is 5.23. The maximum absolute atomic E-state index is 12.3. The number of rotatable bonds is 5. The molecule has 1 fully saturated rings. The quantitative estimate of drug-likeness (QED) is 0.827. The van der Waals surface area contributed by atoms with Crippen molar-refractivity contribution in [3.05, 3.63) is 34.9 Å². The summed E-state index contributed by atoms with van der Waals surface area (Å²) in [7, 11) is 4.13. The highest BCUT2D eigenvalue weighted by Crippen LogP contribution is 2.42. The van der Waals surface area contributed by atoms with Crippen LogP contribution in [0.5, 0.6) is 0 Å². The normalized spacial score (nSPS) is 19.6. The van der Waals surface area contributed by atoms with E-state index in [1.165, 1.54) is 0 Å². The molecular formula is C16H23ClN2OS. The summed E-state index contributed by atoms with van der Waals surface area (Å²) >= 11 is 7.98. The highest BCUT2D eigenvalue weighted by Gasteiger charge is 2.37. The van der Waals surface area contributed by atoms with Gasteiger partial charge < -0.3 is 9.80 Å². The highest BCUT2D eigenvalue weighted by atomic mass is 35.5. The van der Waals surface area contributed by atoms with E-state index < -0.39 is 0 Å². The van der Waals surface area contributed by atoms with Gasteiger partial charge in [-0.2, -0.15) is 0 Å². The van der Waals surface area contributed by atoms with Crippen molar-refractivity contribution in [3.63, 3.8) is 0 Å². The molecule has 0 spiro atoms. The number of carbonyl (C=O) groups excluding carboxylic acids is 1. The standard InChI is InChI=1S/C16H23ClN2OS/c1-16(2,10-18(3)4)11-19-14(20)9-21-15(19)12-7-5-6-8-13(12)17/h5-8,15H,9-11H2,1-4H3. The SMILES string of the molecule is CN(C)CC(C)(C)CN1C(=O)CSC1c1ccccc1Cl. The third-order valence-electron chi connectivity index (χ3n) is 3.48. The summed E-state index contributed by atoms with van der Waals surface area (Å²) in [5.74, 6) is 0.741. The lowest BCUT2D eigenvalue weighted by atomic mass is 9.92. The minimum atomic E-state index is 0.0348. The largest absolute Gasteiger partial charge is 0.325 e. The van der Waals surface area contributed by atoms with Gasteiger partial charge >= 0.3 is 0 Å². The molecule has 1 unspecified atom stereocenters. The maximum Gasteiger partial charge on any atom is 0.233 e.